The third-order valence-corrected chi connectivity index (χ3v) is 4.40. The fraction of sp³-hybridized carbons (Fsp3) is 0.389. The van der Waals surface area contributed by atoms with Crippen LogP contribution in [-0.4, -0.2) is 70.1 Å². The SMILES string of the molecule is O=C(O)CC(CO)N1CCN(C(=O)C=Cc2cccc(Cl)c2)CCC1=O. The van der Waals surface area contributed by atoms with Crippen LogP contribution in [0.15, 0.2) is 30.3 Å². The van der Waals surface area contributed by atoms with Crippen LogP contribution in [0.3, 0.4) is 0 Å². The molecule has 2 rings (SSSR count). The summed E-state index contributed by atoms with van der Waals surface area (Å²) < 4.78 is 0. The van der Waals surface area contributed by atoms with Crippen LogP contribution >= 0.6 is 11.6 Å². The molecule has 0 saturated carbocycles. The number of nitrogens with zero attached hydrogens (tertiary/aromatic N) is 2. The maximum atomic E-state index is 12.4. The average molecular weight is 381 g/mol. The lowest BCUT2D eigenvalue weighted by Gasteiger charge is -2.28. The molecule has 2 N–H and O–H groups in total. The molecule has 0 spiro atoms. The van der Waals surface area contributed by atoms with Crippen LogP contribution in [0.2, 0.25) is 5.02 Å². The van der Waals surface area contributed by atoms with Gasteiger partial charge in [0.05, 0.1) is 19.1 Å². The summed E-state index contributed by atoms with van der Waals surface area (Å²) in [6, 6.07) is 6.30. The van der Waals surface area contributed by atoms with E-state index in [0.29, 0.717) is 5.02 Å². The molecule has 0 aliphatic carbocycles. The van der Waals surface area contributed by atoms with Crippen molar-refractivity contribution in [1.82, 2.24) is 9.80 Å². The van der Waals surface area contributed by atoms with Gasteiger partial charge in [-0.15, -0.1) is 0 Å². The topological polar surface area (TPSA) is 98.2 Å². The number of benzene rings is 1. The quantitative estimate of drug-likeness (QED) is 0.724. The van der Waals surface area contributed by atoms with E-state index in [1.54, 1.807) is 24.3 Å². The lowest BCUT2D eigenvalue weighted by molar-refractivity contribution is -0.141. The molecule has 1 aromatic carbocycles. The van der Waals surface area contributed by atoms with Gasteiger partial charge in [-0.05, 0) is 23.8 Å². The van der Waals surface area contributed by atoms with E-state index in [0.717, 1.165) is 5.56 Å². The summed E-state index contributed by atoms with van der Waals surface area (Å²) in [5.41, 5.74) is 0.792. The molecule has 140 valence electrons. The second-order valence-electron chi connectivity index (χ2n) is 5.99. The Morgan fingerprint density at radius 3 is 2.69 bits per heavy atom. The van der Waals surface area contributed by atoms with Gasteiger partial charge < -0.3 is 20.0 Å². The summed E-state index contributed by atoms with van der Waals surface area (Å²) >= 11 is 5.91. The van der Waals surface area contributed by atoms with Crippen LogP contribution in [0.4, 0.5) is 0 Å². The van der Waals surface area contributed by atoms with E-state index in [1.807, 2.05) is 6.07 Å². The molecule has 26 heavy (non-hydrogen) atoms. The molecular weight excluding hydrogens is 360 g/mol. The molecule has 0 bridgehead atoms. The van der Waals surface area contributed by atoms with Crippen LogP contribution in [0.5, 0.6) is 0 Å². The molecule has 0 radical (unpaired) electrons. The number of aliphatic hydroxyl groups excluding tert-OH is 1. The van der Waals surface area contributed by atoms with Gasteiger partial charge in [0, 0.05) is 37.2 Å². The Bertz CT molecular complexity index is 707. The number of hydrogen-bond acceptors (Lipinski definition) is 4. The maximum absolute atomic E-state index is 12.4. The Kier molecular flexibility index (Phi) is 7.17. The summed E-state index contributed by atoms with van der Waals surface area (Å²) in [4.78, 5) is 38.4. The molecule has 1 aliphatic rings. The summed E-state index contributed by atoms with van der Waals surface area (Å²) in [6.45, 7) is 0.286. The number of halogens is 1. The zero-order chi connectivity index (χ0) is 19.1. The van der Waals surface area contributed by atoms with Crippen LogP contribution in [-0.2, 0) is 14.4 Å². The lowest BCUT2D eigenvalue weighted by atomic mass is 10.1. The van der Waals surface area contributed by atoms with Gasteiger partial charge in [0.25, 0.3) is 0 Å². The van der Waals surface area contributed by atoms with E-state index in [4.69, 9.17) is 16.7 Å². The fourth-order valence-electron chi connectivity index (χ4n) is 2.80. The summed E-state index contributed by atoms with van der Waals surface area (Å²) in [6.07, 6.45) is 2.84. The standard InChI is InChI=1S/C18H21ClN2O5/c19-14-3-1-2-13(10-14)4-5-16(23)20-7-6-17(24)21(9-8-20)15(12-22)11-18(25)26/h1-5,10,15,22H,6-9,11-12H2,(H,25,26). The highest BCUT2D eigenvalue weighted by Gasteiger charge is 2.29. The number of carboxylic acids is 1. The molecule has 7 nitrogen and oxygen atoms in total. The minimum Gasteiger partial charge on any atom is -0.481 e. The molecular formula is C18H21ClN2O5. The first-order valence-electron chi connectivity index (χ1n) is 8.25. The van der Waals surface area contributed by atoms with Gasteiger partial charge in [-0.25, -0.2) is 0 Å². The zero-order valence-corrected chi connectivity index (χ0v) is 14.9. The predicted octanol–water partition coefficient (Wildman–Crippen LogP) is 1.25. The Hall–Kier alpha value is -2.38. The van der Waals surface area contributed by atoms with Crippen LogP contribution < -0.4 is 0 Å². The van der Waals surface area contributed by atoms with Gasteiger partial charge in [0.2, 0.25) is 11.8 Å². The Morgan fingerprint density at radius 2 is 2.04 bits per heavy atom. The Morgan fingerprint density at radius 1 is 1.27 bits per heavy atom. The van der Waals surface area contributed by atoms with Gasteiger partial charge in [-0.2, -0.15) is 0 Å². The monoisotopic (exact) mass is 380 g/mol. The van der Waals surface area contributed by atoms with Gasteiger partial charge >= 0.3 is 5.97 Å². The zero-order valence-electron chi connectivity index (χ0n) is 14.2. The number of hydrogen-bond donors (Lipinski definition) is 2. The summed E-state index contributed by atoms with van der Waals surface area (Å²) in [7, 11) is 0. The highest BCUT2D eigenvalue weighted by Crippen LogP contribution is 2.14. The summed E-state index contributed by atoms with van der Waals surface area (Å²) in [5.74, 6) is -1.59. The van der Waals surface area contributed by atoms with Crippen molar-refractivity contribution in [2.24, 2.45) is 0 Å². The molecule has 0 aromatic heterocycles. The van der Waals surface area contributed by atoms with Crippen molar-refractivity contribution < 1.29 is 24.6 Å². The molecule has 1 unspecified atom stereocenters. The van der Waals surface area contributed by atoms with Gasteiger partial charge in [0.15, 0.2) is 0 Å². The second-order valence-corrected chi connectivity index (χ2v) is 6.42. The molecule has 2 amide bonds. The molecule has 1 saturated heterocycles. The molecule has 1 aliphatic heterocycles. The lowest BCUT2D eigenvalue weighted by Crippen LogP contribution is -2.45. The highest BCUT2D eigenvalue weighted by atomic mass is 35.5. The van der Waals surface area contributed by atoms with Gasteiger partial charge in [-0.1, -0.05) is 23.7 Å². The Balaban J connectivity index is 2.01. The molecule has 8 heteroatoms. The van der Waals surface area contributed by atoms with Crippen molar-refractivity contribution in [3.05, 3.63) is 40.9 Å². The third kappa shape index (κ3) is 5.57. The normalized spacial score (nSPS) is 16.6. The van der Waals surface area contributed by atoms with Crippen molar-refractivity contribution in [3.8, 4) is 0 Å². The van der Waals surface area contributed by atoms with Crippen molar-refractivity contribution in [3.63, 3.8) is 0 Å². The molecule has 1 atom stereocenters. The van der Waals surface area contributed by atoms with E-state index in [9.17, 15) is 19.5 Å². The number of aliphatic carboxylic acids is 1. The molecule has 1 fully saturated rings. The number of carbonyl (C=O) groups excluding carboxylic acids is 2. The molecule has 1 aromatic rings. The number of carboxylic acid groups (broad SMARTS) is 1. The maximum Gasteiger partial charge on any atom is 0.305 e. The Labute approximate surface area is 156 Å². The van der Waals surface area contributed by atoms with E-state index in [1.165, 1.54) is 15.9 Å². The summed E-state index contributed by atoms with van der Waals surface area (Å²) in [5, 5.41) is 18.9. The second kappa shape index (κ2) is 9.35. The smallest absolute Gasteiger partial charge is 0.305 e. The largest absolute Gasteiger partial charge is 0.481 e. The van der Waals surface area contributed by atoms with E-state index in [-0.39, 0.29) is 44.3 Å². The van der Waals surface area contributed by atoms with Crippen molar-refractivity contribution in [2.45, 2.75) is 18.9 Å². The van der Waals surface area contributed by atoms with E-state index < -0.39 is 18.6 Å². The van der Waals surface area contributed by atoms with Crippen LogP contribution in [0.1, 0.15) is 18.4 Å². The molecule has 1 heterocycles. The van der Waals surface area contributed by atoms with Crippen LogP contribution in [0.25, 0.3) is 6.08 Å². The fourth-order valence-corrected chi connectivity index (χ4v) is 3.00. The predicted molar refractivity (Wildman–Crippen MR) is 96.5 cm³/mol. The first-order valence-corrected chi connectivity index (χ1v) is 8.63. The minimum atomic E-state index is -1.08. The van der Waals surface area contributed by atoms with Crippen LogP contribution in [0, 0.1) is 0 Å². The van der Waals surface area contributed by atoms with Gasteiger partial charge in [0.1, 0.15) is 0 Å². The number of aliphatic hydroxyl groups is 1. The van der Waals surface area contributed by atoms with Crippen molar-refractivity contribution in [2.75, 3.05) is 26.2 Å². The van der Waals surface area contributed by atoms with Crippen molar-refractivity contribution in [1.29, 1.82) is 0 Å². The van der Waals surface area contributed by atoms with Gasteiger partial charge in [-0.3, -0.25) is 14.4 Å². The number of carbonyl (C=O) groups is 3. The number of rotatable bonds is 6. The number of amides is 2. The first-order chi connectivity index (χ1) is 12.4. The minimum absolute atomic E-state index is 0.0901. The highest BCUT2D eigenvalue weighted by molar-refractivity contribution is 6.30. The van der Waals surface area contributed by atoms with E-state index >= 15 is 0 Å². The first kappa shape index (κ1) is 19.9. The van der Waals surface area contributed by atoms with Crippen molar-refractivity contribution >= 4 is 35.5 Å². The third-order valence-electron chi connectivity index (χ3n) is 4.17. The van der Waals surface area contributed by atoms with E-state index in [2.05, 4.69) is 0 Å². The average Bonchev–Trinajstić information content (AvgIpc) is 2.79.